The summed E-state index contributed by atoms with van der Waals surface area (Å²) in [5.74, 6) is 1.85. The molecule has 0 fully saturated rings. The Bertz CT molecular complexity index is 724. The van der Waals surface area contributed by atoms with E-state index >= 15 is 0 Å². The first-order valence-electron chi connectivity index (χ1n) is 7.34. The van der Waals surface area contributed by atoms with E-state index in [0.29, 0.717) is 0 Å². The molecule has 0 amide bonds. The highest BCUT2D eigenvalue weighted by molar-refractivity contribution is 5.82. The normalized spacial score (nSPS) is 10.3. The fourth-order valence-corrected chi connectivity index (χ4v) is 2.55. The molecule has 3 aromatic rings. The largest absolute Gasteiger partial charge is 0.507 e. The maximum absolute atomic E-state index is 10.7. The molecule has 0 spiro atoms. The van der Waals surface area contributed by atoms with E-state index in [9.17, 15) is 5.11 Å². The highest BCUT2D eigenvalue weighted by Gasteiger charge is 2.11. The van der Waals surface area contributed by atoms with E-state index in [1.807, 2.05) is 66.7 Å². The molecule has 3 heteroatoms. The lowest BCUT2D eigenvalue weighted by Gasteiger charge is -2.11. The lowest BCUT2D eigenvalue weighted by atomic mass is 9.97. The van der Waals surface area contributed by atoms with Crippen LogP contribution in [0.5, 0.6) is 17.2 Å². The van der Waals surface area contributed by atoms with E-state index in [-0.39, 0.29) is 5.75 Å². The van der Waals surface area contributed by atoms with E-state index in [1.165, 1.54) is 0 Å². The summed E-state index contributed by atoms with van der Waals surface area (Å²) in [5, 5.41) is 10.7. The number of ether oxygens (including phenoxy) is 2. The second kappa shape index (κ2) is 6.44. The molecular weight excluding hydrogens is 288 g/mol. The zero-order valence-electron chi connectivity index (χ0n) is 13.1. The summed E-state index contributed by atoms with van der Waals surface area (Å²) in [5.41, 5.74) is 3.47. The minimum atomic E-state index is 0.267. The summed E-state index contributed by atoms with van der Waals surface area (Å²) in [6, 6.07) is 21.0. The van der Waals surface area contributed by atoms with Gasteiger partial charge in [-0.25, -0.2) is 0 Å². The molecule has 0 aliphatic carbocycles. The van der Waals surface area contributed by atoms with Crippen LogP contribution in [-0.4, -0.2) is 19.3 Å². The molecule has 0 heterocycles. The highest BCUT2D eigenvalue weighted by atomic mass is 16.5. The summed E-state index contributed by atoms with van der Waals surface area (Å²) in [7, 11) is 3.27. The highest BCUT2D eigenvalue weighted by Crippen LogP contribution is 2.38. The Kier molecular flexibility index (Phi) is 4.20. The molecule has 3 aromatic carbocycles. The molecule has 0 bridgehead atoms. The molecule has 0 atom stereocenters. The van der Waals surface area contributed by atoms with Crippen LogP contribution >= 0.6 is 0 Å². The van der Waals surface area contributed by atoms with E-state index in [4.69, 9.17) is 9.47 Å². The summed E-state index contributed by atoms with van der Waals surface area (Å²) < 4.78 is 10.4. The summed E-state index contributed by atoms with van der Waals surface area (Å²) in [4.78, 5) is 0. The van der Waals surface area contributed by atoms with Gasteiger partial charge in [-0.3, -0.25) is 0 Å². The molecule has 0 saturated heterocycles. The Balaban J connectivity index is 2.02. The van der Waals surface area contributed by atoms with Gasteiger partial charge in [0, 0.05) is 11.1 Å². The zero-order valence-corrected chi connectivity index (χ0v) is 13.1. The van der Waals surface area contributed by atoms with E-state index in [0.717, 1.165) is 33.8 Å². The van der Waals surface area contributed by atoms with Crippen molar-refractivity contribution in [3.63, 3.8) is 0 Å². The molecule has 0 radical (unpaired) electrons. The Hall–Kier alpha value is -2.94. The van der Waals surface area contributed by atoms with Gasteiger partial charge in [0.05, 0.1) is 14.2 Å². The van der Waals surface area contributed by atoms with E-state index < -0.39 is 0 Å². The number of methoxy groups -OCH3 is 2. The molecule has 0 saturated carbocycles. The predicted octanol–water partition coefficient (Wildman–Crippen LogP) is 4.74. The minimum absolute atomic E-state index is 0.267. The fourth-order valence-electron chi connectivity index (χ4n) is 2.55. The molecule has 0 unspecified atom stereocenters. The van der Waals surface area contributed by atoms with Gasteiger partial charge in [-0.2, -0.15) is 0 Å². The minimum Gasteiger partial charge on any atom is -0.507 e. The lowest BCUT2D eigenvalue weighted by Crippen LogP contribution is -1.86. The van der Waals surface area contributed by atoms with Gasteiger partial charge in [0.1, 0.15) is 17.2 Å². The van der Waals surface area contributed by atoms with Gasteiger partial charge in [-0.1, -0.05) is 42.5 Å². The molecular formula is C20H18O3. The molecule has 0 aromatic heterocycles. The van der Waals surface area contributed by atoms with Gasteiger partial charge >= 0.3 is 0 Å². The lowest BCUT2D eigenvalue weighted by molar-refractivity contribution is 0.415. The standard InChI is InChI=1S/C20H18O3/c1-22-16-10-6-14(7-11-16)18-4-3-5-19(20(18)21)15-8-12-17(23-2)13-9-15/h3-13,21H,1-2H3. The molecule has 3 nitrogen and oxygen atoms in total. The molecule has 23 heavy (non-hydrogen) atoms. The van der Waals surface area contributed by atoms with Crippen molar-refractivity contribution >= 4 is 0 Å². The SMILES string of the molecule is COc1ccc(-c2cccc(-c3ccc(OC)cc3)c2O)cc1. The van der Waals surface area contributed by atoms with Crippen molar-refractivity contribution in [2.45, 2.75) is 0 Å². The number of rotatable bonds is 4. The average molecular weight is 306 g/mol. The van der Waals surface area contributed by atoms with Crippen LogP contribution < -0.4 is 9.47 Å². The number of para-hydroxylation sites is 1. The summed E-state index contributed by atoms with van der Waals surface area (Å²) in [6.45, 7) is 0. The smallest absolute Gasteiger partial charge is 0.131 e. The van der Waals surface area contributed by atoms with E-state index in [2.05, 4.69) is 0 Å². The molecule has 0 aliphatic rings. The number of hydrogen-bond acceptors (Lipinski definition) is 3. The van der Waals surface area contributed by atoms with Crippen LogP contribution in [0.3, 0.4) is 0 Å². The number of aromatic hydroxyl groups is 1. The van der Waals surface area contributed by atoms with Crippen molar-refractivity contribution in [1.29, 1.82) is 0 Å². The zero-order chi connectivity index (χ0) is 16.2. The van der Waals surface area contributed by atoms with Crippen LogP contribution in [0.1, 0.15) is 0 Å². The van der Waals surface area contributed by atoms with E-state index in [1.54, 1.807) is 14.2 Å². The molecule has 3 rings (SSSR count). The Morgan fingerprint density at radius 2 is 1.00 bits per heavy atom. The van der Waals surface area contributed by atoms with Gasteiger partial charge in [-0.15, -0.1) is 0 Å². The maximum atomic E-state index is 10.7. The van der Waals surface area contributed by atoms with Crippen LogP contribution in [0.15, 0.2) is 66.7 Å². The third-order valence-electron chi connectivity index (χ3n) is 3.84. The van der Waals surface area contributed by atoms with Crippen LogP contribution in [0.2, 0.25) is 0 Å². The number of phenolic OH excluding ortho intramolecular Hbond substituents is 1. The number of phenols is 1. The van der Waals surface area contributed by atoms with Crippen LogP contribution in [0.4, 0.5) is 0 Å². The van der Waals surface area contributed by atoms with Crippen molar-refractivity contribution in [2.24, 2.45) is 0 Å². The second-order valence-electron chi connectivity index (χ2n) is 5.16. The number of benzene rings is 3. The van der Waals surface area contributed by atoms with Crippen LogP contribution in [0, 0.1) is 0 Å². The van der Waals surface area contributed by atoms with Gasteiger partial charge in [-0.05, 0) is 35.4 Å². The van der Waals surface area contributed by atoms with Crippen molar-refractivity contribution < 1.29 is 14.6 Å². The monoisotopic (exact) mass is 306 g/mol. The number of hydrogen-bond donors (Lipinski definition) is 1. The van der Waals surface area contributed by atoms with Crippen molar-refractivity contribution in [1.82, 2.24) is 0 Å². The first-order chi connectivity index (χ1) is 11.2. The molecule has 1 N–H and O–H groups in total. The van der Waals surface area contributed by atoms with Crippen molar-refractivity contribution in [2.75, 3.05) is 14.2 Å². The van der Waals surface area contributed by atoms with Gasteiger partial charge in [0.25, 0.3) is 0 Å². The van der Waals surface area contributed by atoms with Gasteiger partial charge in [0.2, 0.25) is 0 Å². The second-order valence-corrected chi connectivity index (χ2v) is 5.16. The molecule has 0 aliphatic heterocycles. The van der Waals surface area contributed by atoms with Crippen molar-refractivity contribution in [3.05, 3.63) is 66.7 Å². The van der Waals surface area contributed by atoms with Crippen LogP contribution in [-0.2, 0) is 0 Å². The predicted molar refractivity (Wildman–Crippen MR) is 92.1 cm³/mol. The Morgan fingerprint density at radius 3 is 1.35 bits per heavy atom. The maximum Gasteiger partial charge on any atom is 0.131 e. The quantitative estimate of drug-likeness (QED) is 0.756. The first-order valence-corrected chi connectivity index (χ1v) is 7.34. The van der Waals surface area contributed by atoms with Gasteiger partial charge < -0.3 is 14.6 Å². The molecule has 116 valence electrons. The topological polar surface area (TPSA) is 38.7 Å². The van der Waals surface area contributed by atoms with Crippen molar-refractivity contribution in [3.8, 4) is 39.5 Å². The fraction of sp³-hybridized carbons (Fsp3) is 0.100. The van der Waals surface area contributed by atoms with Gasteiger partial charge in [0.15, 0.2) is 0 Å². The van der Waals surface area contributed by atoms with Crippen LogP contribution in [0.25, 0.3) is 22.3 Å². The third kappa shape index (κ3) is 2.99. The first kappa shape index (κ1) is 15.0. The third-order valence-corrected chi connectivity index (χ3v) is 3.84. The summed E-state index contributed by atoms with van der Waals surface area (Å²) >= 11 is 0. The Labute approximate surface area is 135 Å². The average Bonchev–Trinajstić information content (AvgIpc) is 2.62. The summed E-state index contributed by atoms with van der Waals surface area (Å²) in [6.07, 6.45) is 0. The Morgan fingerprint density at radius 1 is 0.609 bits per heavy atom.